The van der Waals surface area contributed by atoms with Gasteiger partial charge in [0.1, 0.15) is 23.9 Å². The largest absolute Gasteiger partial charge is 0.489 e. The van der Waals surface area contributed by atoms with Gasteiger partial charge in [0.2, 0.25) is 0 Å². The second-order valence-corrected chi connectivity index (χ2v) is 5.16. The molecule has 0 saturated carbocycles. The van der Waals surface area contributed by atoms with Crippen molar-refractivity contribution in [2.75, 3.05) is 7.11 Å². The number of hydrogen-bond donors (Lipinski definition) is 0. The van der Waals surface area contributed by atoms with Gasteiger partial charge in [0.15, 0.2) is 0 Å². The Bertz CT molecular complexity index is 814. The number of aromatic nitrogens is 3. The average Bonchev–Trinajstić information content (AvgIpc) is 3.02. The van der Waals surface area contributed by atoms with Gasteiger partial charge in [0.05, 0.1) is 12.6 Å². The number of benzene rings is 2. The predicted molar refractivity (Wildman–Crippen MR) is 85.0 cm³/mol. The molecule has 1 heterocycles. The molecule has 1 atom stereocenters. The van der Waals surface area contributed by atoms with Crippen molar-refractivity contribution in [3.63, 3.8) is 0 Å². The fraction of sp³-hybridized carbons (Fsp3) is 0.235. The SMILES string of the molecule is COC(=O)C(C)n1nnc2ccc(OCc3ccccc3)cc21. The van der Waals surface area contributed by atoms with Crippen molar-refractivity contribution in [3.8, 4) is 5.75 Å². The first-order valence-electron chi connectivity index (χ1n) is 7.28. The first-order chi connectivity index (χ1) is 11.2. The minimum atomic E-state index is -0.547. The highest BCUT2D eigenvalue weighted by Crippen LogP contribution is 2.22. The third kappa shape index (κ3) is 3.15. The molecule has 2 aromatic carbocycles. The van der Waals surface area contributed by atoms with E-state index >= 15 is 0 Å². The summed E-state index contributed by atoms with van der Waals surface area (Å²) < 4.78 is 12.1. The van der Waals surface area contributed by atoms with Crippen molar-refractivity contribution < 1.29 is 14.3 Å². The van der Waals surface area contributed by atoms with Crippen molar-refractivity contribution in [2.24, 2.45) is 0 Å². The average molecular weight is 311 g/mol. The maximum absolute atomic E-state index is 11.7. The van der Waals surface area contributed by atoms with Crippen LogP contribution in [0, 0.1) is 0 Å². The van der Waals surface area contributed by atoms with Gasteiger partial charge in [-0.25, -0.2) is 9.48 Å². The quantitative estimate of drug-likeness (QED) is 0.678. The van der Waals surface area contributed by atoms with E-state index in [0.717, 1.165) is 11.1 Å². The van der Waals surface area contributed by atoms with Crippen LogP contribution in [-0.2, 0) is 16.1 Å². The van der Waals surface area contributed by atoms with Crippen molar-refractivity contribution in [1.82, 2.24) is 15.0 Å². The monoisotopic (exact) mass is 311 g/mol. The Hall–Kier alpha value is -2.89. The van der Waals surface area contributed by atoms with Gasteiger partial charge in [-0.1, -0.05) is 35.5 Å². The molecule has 1 aromatic heterocycles. The molecule has 3 aromatic rings. The van der Waals surface area contributed by atoms with Gasteiger partial charge < -0.3 is 9.47 Å². The molecule has 0 N–H and O–H groups in total. The summed E-state index contributed by atoms with van der Waals surface area (Å²) in [6.45, 7) is 2.19. The number of nitrogens with zero attached hydrogens (tertiary/aromatic N) is 3. The fourth-order valence-corrected chi connectivity index (χ4v) is 2.30. The van der Waals surface area contributed by atoms with Gasteiger partial charge in [0, 0.05) is 6.07 Å². The van der Waals surface area contributed by atoms with Crippen LogP contribution in [0.25, 0.3) is 11.0 Å². The molecule has 0 spiro atoms. The van der Waals surface area contributed by atoms with Gasteiger partial charge in [-0.15, -0.1) is 5.10 Å². The van der Waals surface area contributed by atoms with E-state index in [1.54, 1.807) is 6.92 Å². The molecule has 0 saturated heterocycles. The van der Waals surface area contributed by atoms with E-state index in [-0.39, 0.29) is 5.97 Å². The summed E-state index contributed by atoms with van der Waals surface area (Å²) >= 11 is 0. The van der Waals surface area contributed by atoms with Crippen LogP contribution in [0.2, 0.25) is 0 Å². The van der Waals surface area contributed by atoms with Gasteiger partial charge >= 0.3 is 5.97 Å². The van der Waals surface area contributed by atoms with Gasteiger partial charge in [0.25, 0.3) is 0 Å². The lowest BCUT2D eigenvalue weighted by molar-refractivity contribution is -0.144. The summed E-state index contributed by atoms with van der Waals surface area (Å²) in [5.41, 5.74) is 2.52. The first kappa shape index (κ1) is 15.0. The van der Waals surface area contributed by atoms with E-state index in [9.17, 15) is 4.79 Å². The molecule has 1 unspecified atom stereocenters. The fourth-order valence-electron chi connectivity index (χ4n) is 2.30. The number of ether oxygens (including phenoxy) is 2. The summed E-state index contributed by atoms with van der Waals surface area (Å²) in [6, 6.07) is 14.9. The highest BCUT2D eigenvalue weighted by Gasteiger charge is 2.19. The lowest BCUT2D eigenvalue weighted by atomic mass is 10.2. The van der Waals surface area contributed by atoms with E-state index in [2.05, 4.69) is 10.3 Å². The number of esters is 1. The second-order valence-electron chi connectivity index (χ2n) is 5.16. The predicted octanol–water partition coefficient (Wildman–Crippen LogP) is 2.74. The minimum absolute atomic E-state index is 0.368. The zero-order valence-corrected chi connectivity index (χ0v) is 13.0. The van der Waals surface area contributed by atoms with Gasteiger partial charge in [-0.05, 0) is 24.6 Å². The van der Waals surface area contributed by atoms with Gasteiger partial charge in [-0.2, -0.15) is 0 Å². The van der Waals surface area contributed by atoms with Crippen LogP contribution in [-0.4, -0.2) is 28.1 Å². The van der Waals surface area contributed by atoms with E-state index in [1.807, 2.05) is 48.5 Å². The Morgan fingerprint density at radius 3 is 2.74 bits per heavy atom. The number of methoxy groups -OCH3 is 1. The molecule has 0 bridgehead atoms. The molecule has 23 heavy (non-hydrogen) atoms. The van der Waals surface area contributed by atoms with Crippen LogP contribution in [0.3, 0.4) is 0 Å². The topological polar surface area (TPSA) is 66.2 Å². The number of rotatable bonds is 5. The summed E-state index contributed by atoms with van der Waals surface area (Å²) in [4.78, 5) is 11.7. The van der Waals surface area contributed by atoms with Crippen molar-refractivity contribution >= 4 is 17.0 Å². The van der Waals surface area contributed by atoms with Crippen LogP contribution in [0.4, 0.5) is 0 Å². The molecule has 0 amide bonds. The Balaban J connectivity index is 1.84. The summed E-state index contributed by atoms with van der Waals surface area (Å²) in [6.07, 6.45) is 0. The normalized spacial score (nSPS) is 12.1. The smallest absolute Gasteiger partial charge is 0.330 e. The first-order valence-corrected chi connectivity index (χ1v) is 7.28. The molecule has 6 heteroatoms. The Labute approximate surface area is 133 Å². The van der Waals surface area contributed by atoms with E-state index in [4.69, 9.17) is 9.47 Å². The molecule has 0 aliphatic rings. The highest BCUT2D eigenvalue weighted by molar-refractivity contribution is 5.80. The van der Waals surface area contributed by atoms with Crippen molar-refractivity contribution in [1.29, 1.82) is 0 Å². The van der Waals surface area contributed by atoms with E-state index in [1.165, 1.54) is 11.8 Å². The Kier molecular flexibility index (Phi) is 4.23. The molecule has 6 nitrogen and oxygen atoms in total. The molecule has 0 aliphatic heterocycles. The Morgan fingerprint density at radius 1 is 1.22 bits per heavy atom. The molecule has 0 aliphatic carbocycles. The summed E-state index contributed by atoms with van der Waals surface area (Å²) in [5.74, 6) is 0.328. The molecule has 118 valence electrons. The number of carbonyl (C=O) groups excluding carboxylic acids is 1. The molecule has 0 radical (unpaired) electrons. The molecule has 3 rings (SSSR count). The van der Waals surface area contributed by atoms with Crippen LogP contribution in [0.15, 0.2) is 48.5 Å². The third-order valence-electron chi connectivity index (χ3n) is 3.60. The second kappa shape index (κ2) is 6.48. The molecular formula is C17H17N3O3. The van der Waals surface area contributed by atoms with Crippen LogP contribution in [0.5, 0.6) is 5.75 Å². The molecular weight excluding hydrogens is 294 g/mol. The maximum atomic E-state index is 11.7. The van der Waals surface area contributed by atoms with E-state index < -0.39 is 6.04 Å². The van der Waals surface area contributed by atoms with Crippen LogP contribution in [0.1, 0.15) is 18.5 Å². The molecule has 0 fully saturated rings. The van der Waals surface area contributed by atoms with Crippen molar-refractivity contribution in [2.45, 2.75) is 19.6 Å². The standard InChI is InChI=1S/C17H17N3O3/c1-12(17(21)22-2)20-16-10-14(8-9-15(16)18-19-20)23-11-13-6-4-3-5-7-13/h3-10,12H,11H2,1-2H3. The lowest BCUT2D eigenvalue weighted by Gasteiger charge is -2.11. The number of hydrogen-bond acceptors (Lipinski definition) is 5. The van der Waals surface area contributed by atoms with Crippen LogP contribution >= 0.6 is 0 Å². The number of carbonyl (C=O) groups is 1. The van der Waals surface area contributed by atoms with E-state index in [0.29, 0.717) is 17.9 Å². The zero-order valence-electron chi connectivity index (χ0n) is 13.0. The Morgan fingerprint density at radius 2 is 2.00 bits per heavy atom. The van der Waals surface area contributed by atoms with Crippen LogP contribution < -0.4 is 4.74 Å². The summed E-state index contributed by atoms with van der Waals surface area (Å²) in [7, 11) is 1.35. The lowest BCUT2D eigenvalue weighted by Crippen LogP contribution is -2.18. The zero-order chi connectivity index (χ0) is 16.2. The minimum Gasteiger partial charge on any atom is -0.489 e. The highest BCUT2D eigenvalue weighted by atomic mass is 16.5. The van der Waals surface area contributed by atoms with Crippen molar-refractivity contribution in [3.05, 3.63) is 54.1 Å². The van der Waals surface area contributed by atoms with Gasteiger partial charge in [-0.3, -0.25) is 0 Å². The third-order valence-corrected chi connectivity index (χ3v) is 3.60. The number of fused-ring (bicyclic) bond motifs is 1. The summed E-state index contributed by atoms with van der Waals surface area (Å²) in [5, 5.41) is 8.10. The maximum Gasteiger partial charge on any atom is 0.330 e.